The van der Waals surface area contributed by atoms with Crippen LogP contribution < -0.4 is 10.6 Å². The maximum Gasteiger partial charge on any atom is 0.251 e. The Hall–Kier alpha value is -1.75. The minimum atomic E-state index is -0.286. The molecule has 1 aromatic rings. The Balaban J connectivity index is 1.90. The second-order valence-electron chi connectivity index (χ2n) is 5.14. The van der Waals surface area contributed by atoms with Crippen molar-refractivity contribution >= 4 is 5.91 Å². The summed E-state index contributed by atoms with van der Waals surface area (Å²) in [5.74, 6) is -0.518. The van der Waals surface area contributed by atoms with E-state index in [1.807, 2.05) is 0 Å². The van der Waals surface area contributed by atoms with Gasteiger partial charge in [-0.25, -0.2) is 0 Å². The third-order valence-electron chi connectivity index (χ3n) is 3.38. The van der Waals surface area contributed by atoms with Crippen molar-refractivity contribution < 1.29 is 15.0 Å². The van der Waals surface area contributed by atoms with Gasteiger partial charge in [0, 0.05) is 30.3 Å². The molecule has 0 radical (unpaired) electrons. The van der Waals surface area contributed by atoms with Crippen LogP contribution in [0.25, 0.3) is 0 Å². The van der Waals surface area contributed by atoms with E-state index in [4.69, 9.17) is 0 Å². The van der Waals surface area contributed by atoms with Crippen LogP contribution in [0.4, 0.5) is 0 Å². The summed E-state index contributed by atoms with van der Waals surface area (Å²) < 4.78 is 0. The van der Waals surface area contributed by atoms with Crippen molar-refractivity contribution in [2.75, 3.05) is 6.54 Å². The van der Waals surface area contributed by atoms with Crippen LogP contribution in [0.1, 0.15) is 36.5 Å². The first-order valence-corrected chi connectivity index (χ1v) is 6.62. The maximum absolute atomic E-state index is 11.9. The van der Waals surface area contributed by atoms with Crippen molar-refractivity contribution in [1.29, 1.82) is 0 Å². The topological polar surface area (TPSA) is 81.6 Å². The van der Waals surface area contributed by atoms with Crippen molar-refractivity contribution in [3.63, 3.8) is 0 Å². The number of hydrogen-bond donors (Lipinski definition) is 4. The van der Waals surface area contributed by atoms with Gasteiger partial charge in [-0.15, -0.1) is 0 Å². The van der Waals surface area contributed by atoms with Crippen LogP contribution in [-0.2, 0) is 0 Å². The fourth-order valence-corrected chi connectivity index (χ4v) is 2.44. The largest absolute Gasteiger partial charge is 0.508 e. The van der Waals surface area contributed by atoms with Gasteiger partial charge in [-0.3, -0.25) is 4.79 Å². The SMILES string of the molecule is CC1CCCC(CNC(=O)c2cc(O)cc(O)c2)N1. The summed E-state index contributed by atoms with van der Waals surface area (Å²) >= 11 is 0. The van der Waals surface area contributed by atoms with E-state index in [0.29, 0.717) is 18.6 Å². The highest BCUT2D eigenvalue weighted by atomic mass is 16.3. The van der Waals surface area contributed by atoms with Crippen molar-refractivity contribution in [3.8, 4) is 11.5 Å². The molecule has 1 amide bonds. The van der Waals surface area contributed by atoms with Gasteiger partial charge < -0.3 is 20.8 Å². The van der Waals surface area contributed by atoms with E-state index in [1.165, 1.54) is 31.0 Å². The van der Waals surface area contributed by atoms with Crippen LogP contribution in [0.15, 0.2) is 18.2 Å². The van der Waals surface area contributed by atoms with Crippen molar-refractivity contribution in [2.45, 2.75) is 38.3 Å². The quantitative estimate of drug-likeness (QED) is 0.664. The van der Waals surface area contributed by atoms with E-state index in [9.17, 15) is 15.0 Å². The summed E-state index contributed by atoms with van der Waals surface area (Å²) in [7, 11) is 0. The lowest BCUT2D eigenvalue weighted by molar-refractivity contribution is 0.0945. The lowest BCUT2D eigenvalue weighted by Gasteiger charge is -2.28. The number of carbonyl (C=O) groups is 1. The maximum atomic E-state index is 11.9. The highest BCUT2D eigenvalue weighted by Crippen LogP contribution is 2.20. The van der Waals surface area contributed by atoms with Crippen LogP contribution in [0.2, 0.25) is 0 Å². The smallest absolute Gasteiger partial charge is 0.251 e. The summed E-state index contributed by atoms with van der Waals surface area (Å²) in [5.41, 5.74) is 0.265. The van der Waals surface area contributed by atoms with Crippen molar-refractivity contribution in [3.05, 3.63) is 23.8 Å². The summed E-state index contributed by atoms with van der Waals surface area (Å²) in [6, 6.07) is 4.65. The molecule has 1 heterocycles. The molecule has 1 fully saturated rings. The van der Waals surface area contributed by atoms with E-state index < -0.39 is 0 Å². The van der Waals surface area contributed by atoms with E-state index in [0.717, 1.165) is 6.42 Å². The van der Waals surface area contributed by atoms with Gasteiger partial charge in [0.15, 0.2) is 0 Å². The molecule has 104 valence electrons. The molecule has 0 spiro atoms. The lowest BCUT2D eigenvalue weighted by Crippen LogP contribution is -2.47. The van der Waals surface area contributed by atoms with Crippen LogP contribution in [0.5, 0.6) is 11.5 Å². The lowest BCUT2D eigenvalue weighted by atomic mass is 9.99. The number of phenolic OH excluding ortho intramolecular Hbond substituents is 2. The number of aromatic hydroxyl groups is 2. The Kier molecular flexibility index (Phi) is 4.27. The molecule has 1 aromatic carbocycles. The zero-order chi connectivity index (χ0) is 13.8. The van der Waals surface area contributed by atoms with Crippen LogP contribution in [0, 0.1) is 0 Å². The van der Waals surface area contributed by atoms with Gasteiger partial charge >= 0.3 is 0 Å². The summed E-state index contributed by atoms with van der Waals surface area (Å²) in [5, 5.41) is 24.9. The Bertz CT molecular complexity index is 442. The van der Waals surface area contributed by atoms with Crippen LogP contribution >= 0.6 is 0 Å². The second-order valence-corrected chi connectivity index (χ2v) is 5.14. The van der Waals surface area contributed by atoms with Gasteiger partial charge in [0.1, 0.15) is 11.5 Å². The van der Waals surface area contributed by atoms with Gasteiger partial charge in [0.2, 0.25) is 0 Å². The number of phenols is 2. The Morgan fingerprint density at radius 2 is 2.00 bits per heavy atom. The third-order valence-corrected chi connectivity index (χ3v) is 3.38. The molecule has 19 heavy (non-hydrogen) atoms. The first-order chi connectivity index (χ1) is 9.04. The van der Waals surface area contributed by atoms with Crippen molar-refractivity contribution in [2.24, 2.45) is 0 Å². The molecule has 0 aliphatic carbocycles. The molecular weight excluding hydrogens is 244 g/mol. The molecule has 5 heteroatoms. The number of carbonyl (C=O) groups excluding carboxylic acids is 1. The molecule has 1 saturated heterocycles. The molecule has 1 aliphatic rings. The average Bonchev–Trinajstić information content (AvgIpc) is 2.35. The molecule has 0 saturated carbocycles. The van der Waals surface area contributed by atoms with E-state index in [1.54, 1.807) is 0 Å². The number of benzene rings is 1. The molecule has 2 rings (SSSR count). The minimum absolute atomic E-state index is 0.116. The molecular formula is C14H20N2O3. The molecule has 2 unspecified atom stereocenters. The number of piperidine rings is 1. The Labute approximate surface area is 112 Å². The Morgan fingerprint density at radius 3 is 2.63 bits per heavy atom. The Morgan fingerprint density at radius 1 is 1.32 bits per heavy atom. The molecule has 0 aromatic heterocycles. The minimum Gasteiger partial charge on any atom is -0.508 e. The normalized spacial score (nSPS) is 23.0. The molecule has 0 bridgehead atoms. The van der Waals surface area contributed by atoms with Crippen molar-refractivity contribution in [1.82, 2.24) is 10.6 Å². The average molecular weight is 264 g/mol. The van der Waals surface area contributed by atoms with Crippen LogP contribution in [-0.4, -0.2) is 34.7 Å². The number of nitrogens with one attached hydrogen (secondary N) is 2. The van der Waals surface area contributed by atoms with Gasteiger partial charge in [0.25, 0.3) is 5.91 Å². The molecule has 2 atom stereocenters. The fraction of sp³-hybridized carbons (Fsp3) is 0.500. The summed E-state index contributed by atoms with van der Waals surface area (Å²) in [6.07, 6.45) is 3.39. The number of hydrogen-bond acceptors (Lipinski definition) is 4. The second kappa shape index (κ2) is 5.93. The zero-order valence-corrected chi connectivity index (χ0v) is 11.0. The van der Waals surface area contributed by atoms with E-state index in [-0.39, 0.29) is 23.0 Å². The molecule has 1 aliphatic heterocycles. The van der Waals surface area contributed by atoms with Gasteiger partial charge in [0.05, 0.1) is 0 Å². The predicted octanol–water partition coefficient (Wildman–Crippen LogP) is 1.36. The predicted molar refractivity (Wildman–Crippen MR) is 72.3 cm³/mol. The van der Waals surface area contributed by atoms with Gasteiger partial charge in [-0.2, -0.15) is 0 Å². The van der Waals surface area contributed by atoms with E-state index >= 15 is 0 Å². The van der Waals surface area contributed by atoms with Gasteiger partial charge in [-0.1, -0.05) is 6.42 Å². The first kappa shape index (κ1) is 13.7. The summed E-state index contributed by atoms with van der Waals surface area (Å²) in [4.78, 5) is 11.9. The van der Waals surface area contributed by atoms with E-state index in [2.05, 4.69) is 17.6 Å². The standard InChI is InChI=1S/C14H20N2O3/c1-9-3-2-4-11(16-9)8-15-14(19)10-5-12(17)7-13(18)6-10/h5-7,9,11,16-18H,2-4,8H2,1H3,(H,15,19). The summed E-state index contributed by atoms with van der Waals surface area (Å²) in [6.45, 7) is 2.70. The number of amides is 1. The zero-order valence-electron chi connectivity index (χ0n) is 11.0. The molecule has 5 nitrogen and oxygen atoms in total. The first-order valence-electron chi connectivity index (χ1n) is 6.62. The molecule has 4 N–H and O–H groups in total. The van der Waals surface area contributed by atoms with Gasteiger partial charge in [-0.05, 0) is 31.9 Å². The monoisotopic (exact) mass is 264 g/mol. The highest BCUT2D eigenvalue weighted by Gasteiger charge is 2.18. The van der Waals surface area contributed by atoms with Crippen LogP contribution in [0.3, 0.4) is 0 Å². The third kappa shape index (κ3) is 3.86. The highest BCUT2D eigenvalue weighted by molar-refractivity contribution is 5.95. The number of rotatable bonds is 3. The fourth-order valence-electron chi connectivity index (χ4n) is 2.44.